The molecule has 4 rings (SSSR count). The number of benzene rings is 1. The molecule has 0 aliphatic heterocycles. The van der Waals surface area contributed by atoms with Crippen molar-refractivity contribution in [1.29, 1.82) is 0 Å². The number of rotatable bonds is 2. The summed E-state index contributed by atoms with van der Waals surface area (Å²) >= 11 is 0. The van der Waals surface area contributed by atoms with Crippen molar-refractivity contribution in [2.45, 2.75) is 57.8 Å². The lowest BCUT2D eigenvalue weighted by atomic mass is 9.73. The zero-order valence-electron chi connectivity index (χ0n) is 12.2. The molecule has 0 N–H and O–H groups in total. The SMILES string of the molecule is CCc1ccn(-c2ccc3c4c2CCCC4CCC3)n1. The summed E-state index contributed by atoms with van der Waals surface area (Å²) < 4.78 is 2.10. The van der Waals surface area contributed by atoms with Gasteiger partial charge >= 0.3 is 0 Å². The summed E-state index contributed by atoms with van der Waals surface area (Å²) in [5.41, 5.74) is 7.40. The lowest BCUT2D eigenvalue weighted by molar-refractivity contribution is 0.475. The molecule has 0 bridgehead atoms. The molecule has 1 heterocycles. The Hall–Kier alpha value is -1.57. The highest BCUT2D eigenvalue weighted by Gasteiger charge is 2.28. The first-order valence-electron chi connectivity index (χ1n) is 8.06. The fourth-order valence-electron chi connectivity index (χ4n) is 4.09. The van der Waals surface area contributed by atoms with Gasteiger partial charge < -0.3 is 0 Å². The van der Waals surface area contributed by atoms with E-state index in [0.717, 1.165) is 12.3 Å². The van der Waals surface area contributed by atoms with Crippen LogP contribution in [-0.2, 0) is 19.3 Å². The van der Waals surface area contributed by atoms with Crippen LogP contribution in [0.2, 0.25) is 0 Å². The van der Waals surface area contributed by atoms with Crippen molar-refractivity contribution in [3.8, 4) is 5.69 Å². The van der Waals surface area contributed by atoms with E-state index in [1.807, 2.05) is 0 Å². The molecule has 1 aromatic carbocycles. The van der Waals surface area contributed by atoms with Gasteiger partial charge in [0.15, 0.2) is 0 Å². The number of hydrogen-bond acceptors (Lipinski definition) is 1. The maximum atomic E-state index is 4.72. The van der Waals surface area contributed by atoms with Gasteiger partial charge in [0.1, 0.15) is 0 Å². The standard InChI is InChI=1S/C18H22N2/c1-2-15-11-12-20(19-15)17-10-9-14-6-3-5-13-7-4-8-16(17)18(13)14/h9-13H,2-8H2,1H3. The second-order valence-electron chi connectivity index (χ2n) is 6.22. The Balaban J connectivity index is 1.87. The third-order valence-corrected chi connectivity index (χ3v) is 5.06. The molecular weight excluding hydrogens is 244 g/mol. The third kappa shape index (κ3) is 1.81. The van der Waals surface area contributed by atoms with Crippen LogP contribution in [0.1, 0.15) is 60.9 Å². The van der Waals surface area contributed by atoms with Crippen LogP contribution in [-0.4, -0.2) is 9.78 Å². The van der Waals surface area contributed by atoms with E-state index in [2.05, 4.69) is 36.0 Å². The van der Waals surface area contributed by atoms with Crippen molar-refractivity contribution in [2.75, 3.05) is 0 Å². The van der Waals surface area contributed by atoms with Gasteiger partial charge in [-0.25, -0.2) is 4.68 Å². The molecule has 2 aliphatic rings. The smallest absolute Gasteiger partial charge is 0.0680 e. The maximum absolute atomic E-state index is 4.72. The average Bonchev–Trinajstić information content (AvgIpc) is 2.97. The summed E-state index contributed by atoms with van der Waals surface area (Å²) in [6, 6.07) is 6.81. The Kier molecular flexibility index (Phi) is 2.90. The molecule has 20 heavy (non-hydrogen) atoms. The molecule has 0 spiro atoms. The number of nitrogens with zero attached hydrogens (tertiary/aromatic N) is 2. The summed E-state index contributed by atoms with van der Waals surface area (Å²) in [5.74, 6) is 0.823. The molecule has 0 radical (unpaired) electrons. The van der Waals surface area contributed by atoms with Crippen LogP contribution < -0.4 is 0 Å². The van der Waals surface area contributed by atoms with E-state index in [1.54, 1.807) is 16.7 Å². The molecule has 0 fully saturated rings. The summed E-state index contributed by atoms with van der Waals surface area (Å²) in [4.78, 5) is 0. The third-order valence-electron chi connectivity index (χ3n) is 5.06. The summed E-state index contributed by atoms with van der Waals surface area (Å²) in [6.45, 7) is 2.17. The molecule has 1 atom stereocenters. The van der Waals surface area contributed by atoms with Crippen molar-refractivity contribution in [3.05, 3.63) is 46.8 Å². The number of aryl methyl sites for hydroxylation is 2. The predicted molar refractivity (Wildman–Crippen MR) is 81.6 cm³/mol. The highest BCUT2D eigenvalue weighted by Crippen LogP contribution is 2.43. The van der Waals surface area contributed by atoms with E-state index in [-0.39, 0.29) is 0 Å². The summed E-state index contributed by atoms with van der Waals surface area (Å²) in [7, 11) is 0. The van der Waals surface area contributed by atoms with E-state index in [4.69, 9.17) is 5.10 Å². The highest BCUT2D eigenvalue weighted by atomic mass is 15.3. The Morgan fingerprint density at radius 2 is 2.00 bits per heavy atom. The molecule has 1 aromatic heterocycles. The zero-order chi connectivity index (χ0) is 13.5. The minimum absolute atomic E-state index is 0.823. The van der Waals surface area contributed by atoms with Gasteiger partial charge in [-0.2, -0.15) is 5.10 Å². The van der Waals surface area contributed by atoms with Crippen LogP contribution in [0, 0.1) is 0 Å². The average molecular weight is 266 g/mol. The van der Waals surface area contributed by atoms with Crippen LogP contribution in [0.5, 0.6) is 0 Å². The highest BCUT2D eigenvalue weighted by molar-refractivity contribution is 5.53. The molecule has 2 heteroatoms. The topological polar surface area (TPSA) is 17.8 Å². The Morgan fingerprint density at radius 1 is 1.15 bits per heavy atom. The van der Waals surface area contributed by atoms with Crippen molar-refractivity contribution in [2.24, 2.45) is 0 Å². The fourth-order valence-corrected chi connectivity index (χ4v) is 4.09. The van der Waals surface area contributed by atoms with Gasteiger partial charge in [0, 0.05) is 6.20 Å². The molecule has 2 aliphatic carbocycles. The predicted octanol–water partition coefficient (Wildman–Crippen LogP) is 4.19. The van der Waals surface area contributed by atoms with Gasteiger partial charge in [-0.15, -0.1) is 0 Å². The van der Waals surface area contributed by atoms with E-state index < -0.39 is 0 Å². The van der Waals surface area contributed by atoms with Crippen LogP contribution in [0.3, 0.4) is 0 Å². The molecule has 2 aromatic rings. The maximum Gasteiger partial charge on any atom is 0.0680 e. The molecule has 1 unspecified atom stereocenters. The van der Waals surface area contributed by atoms with Crippen molar-refractivity contribution in [1.82, 2.24) is 9.78 Å². The lowest BCUT2D eigenvalue weighted by Crippen LogP contribution is -2.19. The van der Waals surface area contributed by atoms with Crippen LogP contribution in [0.25, 0.3) is 5.69 Å². The second kappa shape index (κ2) is 4.76. The monoisotopic (exact) mass is 266 g/mol. The van der Waals surface area contributed by atoms with E-state index in [0.29, 0.717) is 0 Å². The van der Waals surface area contributed by atoms with Crippen molar-refractivity contribution < 1.29 is 0 Å². The molecule has 104 valence electrons. The van der Waals surface area contributed by atoms with E-state index in [9.17, 15) is 0 Å². The number of hydrogen-bond donors (Lipinski definition) is 0. The second-order valence-corrected chi connectivity index (χ2v) is 6.22. The van der Waals surface area contributed by atoms with Crippen LogP contribution in [0.4, 0.5) is 0 Å². The normalized spacial score (nSPS) is 20.8. The molecule has 2 nitrogen and oxygen atoms in total. The minimum Gasteiger partial charge on any atom is -0.240 e. The van der Waals surface area contributed by atoms with E-state index >= 15 is 0 Å². The fraction of sp³-hybridized carbons (Fsp3) is 0.500. The summed E-state index contributed by atoms with van der Waals surface area (Å²) in [5, 5.41) is 4.72. The Bertz CT molecular complexity index is 637. The Morgan fingerprint density at radius 3 is 2.80 bits per heavy atom. The first-order chi connectivity index (χ1) is 9.86. The van der Waals surface area contributed by atoms with Gasteiger partial charge in [-0.05, 0) is 79.7 Å². The van der Waals surface area contributed by atoms with Gasteiger partial charge in [0.05, 0.1) is 11.4 Å². The van der Waals surface area contributed by atoms with Gasteiger partial charge in [0.2, 0.25) is 0 Å². The zero-order valence-corrected chi connectivity index (χ0v) is 12.2. The first-order valence-corrected chi connectivity index (χ1v) is 8.06. The largest absolute Gasteiger partial charge is 0.240 e. The molecule has 0 amide bonds. The van der Waals surface area contributed by atoms with Gasteiger partial charge in [0.25, 0.3) is 0 Å². The van der Waals surface area contributed by atoms with Crippen molar-refractivity contribution in [3.63, 3.8) is 0 Å². The molecular formula is C18H22N2. The van der Waals surface area contributed by atoms with Crippen LogP contribution in [0.15, 0.2) is 24.4 Å². The molecule has 0 saturated carbocycles. The molecule has 0 saturated heterocycles. The van der Waals surface area contributed by atoms with Crippen molar-refractivity contribution >= 4 is 0 Å². The van der Waals surface area contributed by atoms with E-state index in [1.165, 1.54) is 49.9 Å². The van der Waals surface area contributed by atoms with Gasteiger partial charge in [-0.1, -0.05) is 13.0 Å². The summed E-state index contributed by atoms with van der Waals surface area (Å²) in [6.07, 6.45) is 11.1. The first kappa shape index (κ1) is 12.2. The Labute approximate surface area is 120 Å². The van der Waals surface area contributed by atoms with Gasteiger partial charge in [-0.3, -0.25) is 0 Å². The minimum atomic E-state index is 0.823. The van der Waals surface area contributed by atoms with Crippen LogP contribution >= 0.6 is 0 Å². The lowest BCUT2D eigenvalue weighted by Gasteiger charge is -2.33. The quantitative estimate of drug-likeness (QED) is 0.797. The number of aromatic nitrogens is 2.